The van der Waals surface area contributed by atoms with Gasteiger partial charge >= 0.3 is 11.9 Å². The minimum atomic E-state index is -1.58. The van der Waals surface area contributed by atoms with Gasteiger partial charge in [-0.05, 0) is 91.2 Å². The van der Waals surface area contributed by atoms with Gasteiger partial charge < -0.3 is 82.2 Å². The number of hydrogen-bond acceptors (Lipinski definition) is 20. The minimum absolute atomic E-state index is 0.0206. The predicted octanol–water partition coefficient (Wildman–Crippen LogP) is 3.64. The van der Waals surface area contributed by atoms with Crippen molar-refractivity contribution in [3.63, 3.8) is 0 Å². The normalized spacial score (nSPS) is 40.7. The summed E-state index contributed by atoms with van der Waals surface area (Å²) in [6, 6.07) is 6.19. The molecule has 424 valence electrons. The zero-order valence-electron chi connectivity index (χ0n) is 46.0. The Bertz CT molecular complexity index is 2050. The second-order valence-electron chi connectivity index (χ2n) is 21.2. The van der Waals surface area contributed by atoms with Gasteiger partial charge in [-0.15, -0.1) is 0 Å². The van der Waals surface area contributed by atoms with E-state index in [4.69, 9.17) is 52.1 Å². The number of carbonyl (C=O) groups is 4. The van der Waals surface area contributed by atoms with Gasteiger partial charge in [0.2, 0.25) is 0 Å². The number of esters is 2. The number of nitrogens with zero attached hydrogens (tertiary/aromatic N) is 1. The molecule has 0 bridgehead atoms. The highest BCUT2D eigenvalue weighted by atomic mass is 16.7. The van der Waals surface area contributed by atoms with E-state index in [2.05, 4.69) is 0 Å². The van der Waals surface area contributed by atoms with Gasteiger partial charge in [-0.1, -0.05) is 50.6 Å². The number of likely N-dealkylation sites (N-methyl/N-ethyl adjacent to an activating group) is 1. The molecular weight excluding hydrogens is 979 g/mol. The first kappa shape index (κ1) is 62.1. The molecule has 0 unspecified atom stereocenters. The number of cyclic esters (lactones) is 1. The Morgan fingerprint density at radius 1 is 0.853 bits per heavy atom. The molecule has 3 saturated heterocycles. The van der Waals surface area contributed by atoms with E-state index in [-0.39, 0.29) is 38.1 Å². The molecule has 4 heterocycles. The van der Waals surface area contributed by atoms with E-state index in [0.717, 1.165) is 0 Å². The van der Waals surface area contributed by atoms with E-state index < -0.39 is 146 Å². The Morgan fingerprint density at radius 3 is 2.12 bits per heavy atom. The summed E-state index contributed by atoms with van der Waals surface area (Å²) in [5.74, 6) is -3.62. The fourth-order valence-electron chi connectivity index (χ4n) is 10.8. The van der Waals surface area contributed by atoms with Crippen molar-refractivity contribution in [1.29, 1.82) is 0 Å². The summed E-state index contributed by atoms with van der Waals surface area (Å²) in [6.07, 6.45) is -9.07. The Labute approximate surface area is 442 Å². The number of ether oxygens (including phenoxy) is 11. The van der Waals surface area contributed by atoms with Crippen LogP contribution in [0.15, 0.2) is 48.1 Å². The van der Waals surface area contributed by atoms with Crippen LogP contribution < -0.4 is 4.74 Å². The van der Waals surface area contributed by atoms with E-state index in [9.17, 15) is 39.6 Å². The highest BCUT2D eigenvalue weighted by Gasteiger charge is 2.53. The average Bonchev–Trinajstić information content (AvgIpc) is 3.35. The lowest BCUT2D eigenvalue weighted by atomic mass is 9.79. The standard InChI is InChI=1S/C55H85NO19/c1-14-41-37(28-68-54-51(67-13)50(66-12)46(62)32(5)70-54)23-29(2)15-20-39(58)30(3)24-36(21-22-57)48(31(4)40(59)26-43(61)72-41)75-53-47(63)45(56(9)10)49(33(6)71-53)74-44-27-55(8,64)52(34(7)69-44)73-42(60)25-35-16-18-38(65-11)19-17-35/h15-20,22-23,30-34,36-37,40-41,44-54,59,62-64H,14,21,24-28H2,1-13H3/b20-15+,29-23+/t30-,31+,32-,33-,34+,36+,37-,40-,41-,44-,45-,46+,47-,48-,49-,50-,51-,52+,53+,54-,55-/m1/s1. The number of methoxy groups -OCH3 is 3. The number of rotatable bonds is 17. The van der Waals surface area contributed by atoms with Gasteiger partial charge in [0.15, 0.2) is 30.8 Å². The number of aliphatic hydroxyl groups is 4. The number of hydrogen-bond donors (Lipinski definition) is 4. The monoisotopic (exact) mass is 1060 g/mol. The quantitative estimate of drug-likeness (QED) is 0.128. The van der Waals surface area contributed by atoms with Crippen molar-refractivity contribution in [3.05, 3.63) is 53.6 Å². The molecule has 0 aromatic heterocycles. The first-order valence-corrected chi connectivity index (χ1v) is 26.2. The van der Waals surface area contributed by atoms with Crippen LogP contribution in [0, 0.1) is 23.7 Å². The van der Waals surface area contributed by atoms with Crippen LogP contribution in [0.5, 0.6) is 5.75 Å². The molecule has 0 aliphatic carbocycles. The van der Waals surface area contributed by atoms with Crippen LogP contribution >= 0.6 is 0 Å². The Hall–Kier alpha value is -3.74. The van der Waals surface area contributed by atoms with Crippen LogP contribution in [-0.2, 0) is 73.0 Å². The molecule has 5 rings (SSSR count). The van der Waals surface area contributed by atoms with Crippen molar-refractivity contribution in [2.75, 3.05) is 42.0 Å². The number of carbonyl (C=O) groups excluding carboxylic acids is 4. The van der Waals surface area contributed by atoms with Crippen LogP contribution in [-0.4, -0.2) is 195 Å². The van der Waals surface area contributed by atoms with E-state index >= 15 is 0 Å². The topological polar surface area (TPSA) is 254 Å². The van der Waals surface area contributed by atoms with Crippen LogP contribution in [0.2, 0.25) is 0 Å². The van der Waals surface area contributed by atoms with Gasteiger partial charge in [-0.2, -0.15) is 0 Å². The van der Waals surface area contributed by atoms with Gasteiger partial charge in [-0.25, -0.2) is 0 Å². The predicted molar refractivity (Wildman–Crippen MR) is 271 cm³/mol. The Morgan fingerprint density at radius 2 is 1.52 bits per heavy atom. The van der Waals surface area contributed by atoms with E-state index in [1.807, 2.05) is 13.0 Å². The second-order valence-corrected chi connectivity index (χ2v) is 21.2. The second kappa shape index (κ2) is 28.2. The molecule has 1 aromatic carbocycles. The lowest BCUT2D eigenvalue weighted by Crippen LogP contribution is -2.65. The van der Waals surface area contributed by atoms with Gasteiger partial charge in [0.1, 0.15) is 54.3 Å². The largest absolute Gasteiger partial charge is 0.497 e. The SMILES string of the molecule is CC[C@H]1OC(=O)C[C@@H](O)[C@H](C)[C@@H](O[C@@H]2O[C@H](C)[C@@H](O[C@@H]3C[C@@](C)(O)[C@@H](OC(=O)Cc4ccc(OC)cc4)[C@H](C)O3)[C@H](N(C)C)[C@H]2O)[C@@H](CC=O)C[C@@H](C)C(=O)/C=C/C(C)=C/[C@@H]1CO[C@@H]1O[C@H](C)[C@H](O)[C@@H](OC)[C@H]1OC. The fourth-order valence-corrected chi connectivity index (χ4v) is 10.8. The van der Waals surface area contributed by atoms with Crippen LogP contribution in [0.1, 0.15) is 93.1 Å². The molecular formula is C55H85NO19. The maximum atomic E-state index is 13.9. The highest BCUT2D eigenvalue weighted by Crippen LogP contribution is 2.38. The zero-order chi connectivity index (χ0) is 55.5. The molecule has 20 nitrogen and oxygen atoms in total. The van der Waals surface area contributed by atoms with Crippen LogP contribution in [0.4, 0.5) is 0 Å². The molecule has 4 aliphatic rings. The van der Waals surface area contributed by atoms with Crippen molar-refractivity contribution in [2.45, 2.75) is 198 Å². The summed E-state index contributed by atoms with van der Waals surface area (Å²) < 4.78 is 66.5. The van der Waals surface area contributed by atoms with Gasteiger partial charge in [0.25, 0.3) is 0 Å². The number of benzene rings is 1. The van der Waals surface area contributed by atoms with Gasteiger partial charge in [0.05, 0.1) is 63.1 Å². The highest BCUT2D eigenvalue weighted by molar-refractivity contribution is 5.91. The summed E-state index contributed by atoms with van der Waals surface area (Å²) in [5.41, 5.74) is -0.200. The molecule has 75 heavy (non-hydrogen) atoms. The summed E-state index contributed by atoms with van der Waals surface area (Å²) in [7, 11) is 7.97. The van der Waals surface area contributed by atoms with E-state index in [1.54, 1.807) is 105 Å². The lowest BCUT2D eigenvalue weighted by molar-refractivity contribution is -0.342. The molecule has 1 aromatic rings. The van der Waals surface area contributed by atoms with E-state index in [0.29, 0.717) is 29.6 Å². The van der Waals surface area contributed by atoms with Crippen LogP contribution in [0.25, 0.3) is 0 Å². The molecule has 21 atom stereocenters. The third kappa shape index (κ3) is 16.2. The molecule has 0 radical (unpaired) electrons. The first-order chi connectivity index (χ1) is 35.5. The maximum absolute atomic E-state index is 13.9. The Kier molecular flexibility index (Phi) is 23.4. The Balaban J connectivity index is 1.34. The van der Waals surface area contributed by atoms with Gasteiger partial charge in [0, 0.05) is 44.8 Å². The number of aliphatic hydroxyl groups excluding tert-OH is 3. The van der Waals surface area contributed by atoms with Crippen LogP contribution in [0.3, 0.4) is 0 Å². The summed E-state index contributed by atoms with van der Waals surface area (Å²) in [5, 5.41) is 46.5. The number of aldehydes is 1. The molecule has 20 heteroatoms. The van der Waals surface area contributed by atoms with Crippen molar-refractivity contribution in [1.82, 2.24) is 4.90 Å². The molecule has 4 N–H and O–H groups in total. The van der Waals surface area contributed by atoms with Crippen molar-refractivity contribution >= 4 is 24.0 Å². The maximum Gasteiger partial charge on any atom is 0.310 e. The molecule has 4 aliphatic heterocycles. The number of ketones is 1. The van der Waals surface area contributed by atoms with Crippen molar-refractivity contribution in [3.8, 4) is 5.75 Å². The first-order valence-electron chi connectivity index (χ1n) is 26.2. The van der Waals surface area contributed by atoms with Crippen molar-refractivity contribution in [2.24, 2.45) is 23.7 Å². The average molecular weight is 1060 g/mol. The number of allylic oxidation sites excluding steroid dienone is 3. The molecule has 3 fully saturated rings. The summed E-state index contributed by atoms with van der Waals surface area (Å²) in [6.45, 7) is 13.7. The molecule has 0 amide bonds. The van der Waals surface area contributed by atoms with Gasteiger partial charge in [-0.3, -0.25) is 14.4 Å². The van der Waals surface area contributed by atoms with E-state index in [1.165, 1.54) is 20.3 Å². The summed E-state index contributed by atoms with van der Waals surface area (Å²) >= 11 is 0. The zero-order valence-corrected chi connectivity index (χ0v) is 46.0. The third-order valence-electron chi connectivity index (χ3n) is 15.1. The molecule has 0 saturated carbocycles. The fraction of sp³-hybridized carbons (Fsp3) is 0.745. The third-order valence-corrected chi connectivity index (χ3v) is 15.1. The minimum Gasteiger partial charge on any atom is -0.497 e. The molecule has 0 spiro atoms. The lowest BCUT2D eigenvalue weighted by Gasteiger charge is -2.50. The van der Waals surface area contributed by atoms with Crippen molar-refractivity contribution < 1.29 is 91.7 Å². The summed E-state index contributed by atoms with van der Waals surface area (Å²) in [4.78, 5) is 55.0. The smallest absolute Gasteiger partial charge is 0.310 e.